The summed E-state index contributed by atoms with van der Waals surface area (Å²) in [5, 5.41) is 8.97. The summed E-state index contributed by atoms with van der Waals surface area (Å²) in [6, 6.07) is 7.15. The van der Waals surface area contributed by atoms with Gasteiger partial charge in [0.2, 0.25) is 5.91 Å². The maximum Gasteiger partial charge on any atom is 0.251 e. The molecule has 7 nitrogen and oxygen atoms in total. The molecule has 138 valence electrons. The Labute approximate surface area is 153 Å². The van der Waals surface area contributed by atoms with Gasteiger partial charge < -0.3 is 21.7 Å². The molecule has 0 aliphatic carbocycles. The number of nitrogens with zero attached hydrogens (tertiary/aromatic N) is 1. The summed E-state index contributed by atoms with van der Waals surface area (Å²) in [5.74, 6) is 1.04. The molecule has 1 rings (SSSR count). The molecule has 2 amide bonds. The molecule has 0 aliphatic rings. The number of rotatable bonds is 10. The Morgan fingerprint density at radius 2 is 1.84 bits per heavy atom. The van der Waals surface area contributed by atoms with Gasteiger partial charge in [-0.3, -0.25) is 14.6 Å². The fourth-order valence-electron chi connectivity index (χ4n) is 2.03. The quantitative estimate of drug-likeness (QED) is 0.277. The maximum absolute atomic E-state index is 11.8. The van der Waals surface area contributed by atoms with Crippen LogP contribution < -0.4 is 21.7 Å². The minimum atomic E-state index is -0.568. The highest BCUT2D eigenvalue weighted by molar-refractivity contribution is 7.98. The molecule has 0 radical (unpaired) electrons. The molecule has 0 saturated heterocycles. The number of thioether (sulfide) groups is 1. The van der Waals surface area contributed by atoms with Crippen LogP contribution in [0.4, 0.5) is 0 Å². The molecule has 0 heterocycles. The average Bonchev–Trinajstić information content (AvgIpc) is 2.62. The highest BCUT2D eigenvalue weighted by Gasteiger charge is 2.06. The van der Waals surface area contributed by atoms with Gasteiger partial charge in [0, 0.05) is 25.7 Å². The van der Waals surface area contributed by atoms with Crippen molar-refractivity contribution in [1.82, 2.24) is 16.0 Å². The lowest BCUT2D eigenvalue weighted by atomic mass is 10.1. The molecular weight excluding hydrogens is 338 g/mol. The van der Waals surface area contributed by atoms with Crippen LogP contribution in [0.5, 0.6) is 0 Å². The molecule has 0 fully saturated rings. The third kappa shape index (κ3) is 8.99. The first kappa shape index (κ1) is 20.8. The molecule has 0 atom stereocenters. The van der Waals surface area contributed by atoms with E-state index in [4.69, 9.17) is 5.73 Å². The highest BCUT2D eigenvalue weighted by Crippen LogP contribution is 2.04. The summed E-state index contributed by atoms with van der Waals surface area (Å²) in [6.45, 7) is 1.33. The first-order chi connectivity index (χ1) is 12.1. The summed E-state index contributed by atoms with van der Waals surface area (Å²) in [4.78, 5) is 26.7. The number of benzene rings is 1. The smallest absolute Gasteiger partial charge is 0.251 e. The summed E-state index contributed by atoms with van der Waals surface area (Å²) < 4.78 is 0. The van der Waals surface area contributed by atoms with E-state index >= 15 is 0 Å². The van der Waals surface area contributed by atoms with Gasteiger partial charge in [0.25, 0.3) is 5.91 Å². The fraction of sp³-hybridized carbons (Fsp3) is 0.471. The van der Waals surface area contributed by atoms with Crippen molar-refractivity contribution in [2.24, 2.45) is 10.7 Å². The fourth-order valence-corrected chi connectivity index (χ4v) is 2.52. The summed E-state index contributed by atoms with van der Waals surface area (Å²) >= 11 is 1.86. The maximum atomic E-state index is 11.8. The largest absolute Gasteiger partial charge is 0.368 e. The van der Waals surface area contributed by atoms with Crippen molar-refractivity contribution in [2.75, 3.05) is 32.1 Å². The standard InChI is InChI=1S/C17H27N5O2S/c1-19-17(20-9-3-4-10-25-2)22-11-13-5-7-14(8-6-13)16(24)21-12-15(18)23/h5-8H,3-4,9-12H2,1-2H3,(H2,18,23)(H,21,24)(H2,19,20,22). The Kier molecular flexibility index (Phi) is 10.2. The van der Waals surface area contributed by atoms with Gasteiger partial charge in [0.05, 0.1) is 6.54 Å². The van der Waals surface area contributed by atoms with Crippen molar-refractivity contribution in [3.8, 4) is 0 Å². The van der Waals surface area contributed by atoms with Crippen LogP contribution in [0.15, 0.2) is 29.3 Å². The van der Waals surface area contributed by atoms with Crippen LogP contribution in [0, 0.1) is 0 Å². The zero-order valence-corrected chi connectivity index (χ0v) is 15.6. The van der Waals surface area contributed by atoms with Crippen molar-refractivity contribution >= 4 is 29.5 Å². The molecule has 0 aromatic heterocycles. The first-order valence-corrected chi connectivity index (χ1v) is 9.55. The lowest BCUT2D eigenvalue weighted by Crippen LogP contribution is -2.37. The molecule has 8 heteroatoms. The zero-order valence-electron chi connectivity index (χ0n) is 14.8. The molecule has 0 saturated carbocycles. The Morgan fingerprint density at radius 1 is 1.12 bits per heavy atom. The molecule has 1 aromatic carbocycles. The first-order valence-electron chi connectivity index (χ1n) is 8.15. The number of amides is 2. The number of nitrogens with two attached hydrogens (primary N) is 1. The molecule has 0 spiro atoms. The Balaban J connectivity index is 2.38. The van der Waals surface area contributed by atoms with E-state index in [9.17, 15) is 9.59 Å². The van der Waals surface area contributed by atoms with Gasteiger partial charge in [0.15, 0.2) is 5.96 Å². The van der Waals surface area contributed by atoms with Gasteiger partial charge in [-0.25, -0.2) is 0 Å². The van der Waals surface area contributed by atoms with E-state index in [-0.39, 0.29) is 12.5 Å². The Hall–Kier alpha value is -2.22. The van der Waals surface area contributed by atoms with Crippen LogP contribution in [-0.2, 0) is 11.3 Å². The minimum Gasteiger partial charge on any atom is -0.368 e. The number of guanidine groups is 1. The van der Waals surface area contributed by atoms with E-state index < -0.39 is 5.91 Å². The van der Waals surface area contributed by atoms with Crippen LogP contribution in [0.25, 0.3) is 0 Å². The average molecular weight is 366 g/mol. The number of nitrogens with one attached hydrogen (secondary N) is 3. The second-order valence-electron chi connectivity index (χ2n) is 5.40. The van der Waals surface area contributed by atoms with Crippen molar-refractivity contribution in [3.63, 3.8) is 0 Å². The van der Waals surface area contributed by atoms with E-state index in [2.05, 4.69) is 27.2 Å². The molecule has 0 aliphatic heterocycles. The van der Waals surface area contributed by atoms with Crippen LogP contribution in [0.2, 0.25) is 0 Å². The van der Waals surface area contributed by atoms with Crippen molar-refractivity contribution in [1.29, 1.82) is 0 Å². The zero-order chi connectivity index (χ0) is 18.5. The Morgan fingerprint density at radius 3 is 2.44 bits per heavy atom. The van der Waals surface area contributed by atoms with E-state index in [1.54, 1.807) is 19.2 Å². The second-order valence-corrected chi connectivity index (χ2v) is 6.38. The summed E-state index contributed by atoms with van der Waals surface area (Å²) in [7, 11) is 1.74. The third-order valence-electron chi connectivity index (χ3n) is 3.39. The molecule has 25 heavy (non-hydrogen) atoms. The van der Waals surface area contributed by atoms with Crippen molar-refractivity contribution in [2.45, 2.75) is 19.4 Å². The van der Waals surface area contributed by atoms with Gasteiger partial charge in [0.1, 0.15) is 0 Å². The van der Waals surface area contributed by atoms with Crippen LogP contribution >= 0.6 is 11.8 Å². The number of primary amides is 1. The number of hydrogen-bond acceptors (Lipinski definition) is 4. The third-order valence-corrected chi connectivity index (χ3v) is 4.09. The van der Waals surface area contributed by atoms with Crippen LogP contribution in [0.3, 0.4) is 0 Å². The molecule has 5 N–H and O–H groups in total. The number of hydrogen-bond donors (Lipinski definition) is 4. The van der Waals surface area contributed by atoms with Crippen LogP contribution in [0.1, 0.15) is 28.8 Å². The molecule has 1 aromatic rings. The monoisotopic (exact) mass is 365 g/mol. The molecule has 0 unspecified atom stereocenters. The summed E-state index contributed by atoms with van der Waals surface area (Å²) in [5.41, 5.74) is 6.51. The van der Waals surface area contributed by atoms with Gasteiger partial charge >= 0.3 is 0 Å². The normalized spacial score (nSPS) is 11.0. The van der Waals surface area contributed by atoms with Crippen molar-refractivity contribution < 1.29 is 9.59 Å². The molecular formula is C17H27N5O2S. The number of carbonyl (C=O) groups excluding carboxylic acids is 2. The molecule has 0 bridgehead atoms. The topological polar surface area (TPSA) is 109 Å². The van der Waals surface area contributed by atoms with Gasteiger partial charge in [-0.05, 0) is 42.5 Å². The van der Waals surface area contributed by atoms with E-state index in [0.29, 0.717) is 12.1 Å². The van der Waals surface area contributed by atoms with E-state index in [0.717, 1.165) is 24.5 Å². The van der Waals surface area contributed by atoms with Crippen LogP contribution in [-0.4, -0.2) is 49.9 Å². The lowest BCUT2D eigenvalue weighted by Gasteiger charge is -2.12. The predicted molar refractivity (Wildman–Crippen MR) is 104 cm³/mol. The van der Waals surface area contributed by atoms with Gasteiger partial charge in [-0.2, -0.15) is 11.8 Å². The minimum absolute atomic E-state index is 0.166. The number of aliphatic imine (C=N–C) groups is 1. The number of carbonyl (C=O) groups is 2. The second kappa shape index (κ2) is 12.2. The highest BCUT2D eigenvalue weighted by atomic mass is 32.2. The van der Waals surface area contributed by atoms with Gasteiger partial charge in [-0.15, -0.1) is 0 Å². The van der Waals surface area contributed by atoms with E-state index in [1.807, 2.05) is 23.9 Å². The summed E-state index contributed by atoms with van der Waals surface area (Å²) in [6.07, 6.45) is 4.40. The SMILES string of the molecule is CN=C(NCCCCSC)NCc1ccc(C(=O)NCC(N)=O)cc1. The Bertz CT molecular complexity index is 575. The van der Waals surface area contributed by atoms with Crippen molar-refractivity contribution in [3.05, 3.63) is 35.4 Å². The van der Waals surface area contributed by atoms with E-state index in [1.165, 1.54) is 12.2 Å². The number of unbranched alkanes of at least 4 members (excludes halogenated alkanes) is 1. The lowest BCUT2D eigenvalue weighted by molar-refractivity contribution is -0.117. The predicted octanol–water partition coefficient (Wildman–Crippen LogP) is 0.710. The van der Waals surface area contributed by atoms with Gasteiger partial charge in [-0.1, -0.05) is 12.1 Å².